The molecule has 0 unspecified atom stereocenters. The molecule has 1 atom stereocenters. The molecule has 128 valence electrons. The van der Waals surface area contributed by atoms with Gasteiger partial charge in [-0.1, -0.05) is 41.6 Å². The van der Waals surface area contributed by atoms with Gasteiger partial charge in [-0.25, -0.2) is 9.97 Å². The van der Waals surface area contributed by atoms with Crippen LogP contribution in [-0.2, 0) is 4.79 Å². The maximum Gasteiger partial charge on any atom is 0.233 e. The third-order valence-electron chi connectivity index (χ3n) is 4.28. The highest BCUT2D eigenvalue weighted by molar-refractivity contribution is 8.00. The summed E-state index contributed by atoms with van der Waals surface area (Å²) < 4.78 is 0. The summed E-state index contributed by atoms with van der Waals surface area (Å²) in [6.45, 7) is 4.02. The van der Waals surface area contributed by atoms with Gasteiger partial charge in [0, 0.05) is 17.0 Å². The number of thioether (sulfide) groups is 1. The molecule has 25 heavy (non-hydrogen) atoms. The van der Waals surface area contributed by atoms with Crippen molar-refractivity contribution in [2.24, 2.45) is 0 Å². The number of nitrogens with zero attached hydrogens (tertiary/aromatic N) is 2. The van der Waals surface area contributed by atoms with Gasteiger partial charge in [-0.05, 0) is 32.3 Å². The van der Waals surface area contributed by atoms with Crippen LogP contribution in [0.3, 0.4) is 0 Å². The van der Waals surface area contributed by atoms with E-state index in [1.807, 2.05) is 6.92 Å². The molecule has 0 spiro atoms. The second-order valence-electron chi connectivity index (χ2n) is 6.42. The monoisotopic (exact) mass is 369 g/mol. The molecular formula is C19H19N3OS2. The van der Waals surface area contributed by atoms with E-state index in [9.17, 15) is 4.79 Å². The Balaban J connectivity index is 1.67. The Morgan fingerprint density at radius 2 is 2.04 bits per heavy atom. The van der Waals surface area contributed by atoms with Crippen molar-refractivity contribution in [1.82, 2.24) is 15.3 Å². The van der Waals surface area contributed by atoms with E-state index in [-0.39, 0.29) is 11.2 Å². The van der Waals surface area contributed by atoms with Gasteiger partial charge in [-0.2, -0.15) is 0 Å². The highest BCUT2D eigenvalue weighted by Gasteiger charge is 2.27. The van der Waals surface area contributed by atoms with Crippen LogP contribution in [0.5, 0.6) is 0 Å². The van der Waals surface area contributed by atoms with Crippen molar-refractivity contribution in [1.29, 1.82) is 0 Å². The largest absolute Gasteiger partial charge is 0.352 e. The summed E-state index contributed by atoms with van der Waals surface area (Å²) >= 11 is 3.13. The number of hydrogen-bond acceptors (Lipinski definition) is 5. The molecule has 1 saturated carbocycles. The molecule has 2 heterocycles. The van der Waals surface area contributed by atoms with Crippen LogP contribution in [0.4, 0.5) is 0 Å². The van der Waals surface area contributed by atoms with Crippen LogP contribution in [0.2, 0.25) is 0 Å². The van der Waals surface area contributed by atoms with Gasteiger partial charge in [-0.3, -0.25) is 4.79 Å². The first-order valence-electron chi connectivity index (χ1n) is 8.38. The van der Waals surface area contributed by atoms with Gasteiger partial charge in [0.05, 0.1) is 10.6 Å². The number of thiophene rings is 1. The van der Waals surface area contributed by atoms with Crippen molar-refractivity contribution >= 4 is 39.2 Å². The zero-order valence-electron chi connectivity index (χ0n) is 14.2. The fourth-order valence-electron chi connectivity index (χ4n) is 2.65. The first-order chi connectivity index (χ1) is 12.1. The van der Waals surface area contributed by atoms with E-state index in [2.05, 4.69) is 51.9 Å². The van der Waals surface area contributed by atoms with Gasteiger partial charge in [0.1, 0.15) is 16.2 Å². The first kappa shape index (κ1) is 16.5. The smallest absolute Gasteiger partial charge is 0.233 e. The Bertz CT molecular complexity index is 916. The number of hydrogen-bond donors (Lipinski definition) is 1. The molecule has 4 rings (SSSR count). The molecule has 0 saturated heterocycles. The van der Waals surface area contributed by atoms with E-state index in [0.29, 0.717) is 6.04 Å². The zero-order valence-corrected chi connectivity index (χ0v) is 15.8. The molecule has 3 aromatic rings. The lowest BCUT2D eigenvalue weighted by molar-refractivity contribution is -0.120. The number of aryl methyl sites for hydroxylation is 1. The van der Waals surface area contributed by atoms with Crippen molar-refractivity contribution in [3.63, 3.8) is 0 Å². The van der Waals surface area contributed by atoms with Crippen LogP contribution in [0.1, 0.15) is 25.3 Å². The average molecular weight is 370 g/mol. The van der Waals surface area contributed by atoms with E-state index in [1.165, 1.54) is 17.3 Å². The first-order valence-corrected chi connectivity index (χ1v) is 10.1. The Labute approximate surface area is 155 Å². The maximum absolute atomic E-state index is 12.3. The molecule has 4 nitrogen and oxygen atoms in total. The number of carbonyl (C=O) groups is 1. The number of fused-ring (bicyclic) bond motifs is 1. The molecular weight excluding hydrogens is 350 g/mol. The number of rotatable bonds is 5. The van der Waals surface area contributed by atoms with Gasteiger partial charge in [0.15, 0.2) is 0 Å². The van der Waals surface area contributed by atoms with Gasteiger partial charge in [0.25, 0.3) is 0 Å². The fraction of sp³-hybridized carbons (Fsp3) is 0.316. The minimum absolute atomic E-state index is 0.0892. The average Bonchev–Trinajstić information content (AvgIpc) is 3.31. The minimum atomic E-state index is -0.176. The molecule has 6 heteroatoms. The van der Waals surface area contributed by atoms with Crippen LogP contribution in [0, 0.1) is 6.92 Å². The zero-order chi connectivity index (χ0) is 17.4. The molecule has 2 aromatic heterocycles. The summed E-state index contributed by atoms with van der Waals surface area (Å²) in [6, 6.07) is 8.86. The van der Waals surface area contributed by atoms with Crippen molar-refractivity contribution < 1.29 is 4.79 Å². The molecule has 1 aliphatic carbocycles. The second kappa shape index (κ2) is 6.77. The maximum atomic E-state index is 12.3. The summed E-state index contributed by atoms with van der Waals surface area (Å²) in [7, 11) is 0. The quantitative estimate of drug-likeness (QED) is 0.534. The van der Waals surface area contributed by atoms with E-state index < -0.39 is 0 Å². The lowest BCUT2D eigenvalue weighted by Crippen LogP contribution is -2.32. The second-order valence-corrected chi connectivity index (χ2v) is 8.60. The van der Waals surface area contributed by atoms with E-state index in [4.69, 9.17) is 0 Å². The molecule has 1 aromatic carbocycles. The van der Waals surface area contributed by atoms with Gasteiger partial charge < -0.3 is 5.32 Å². The number of amides is 1. The predicted octanol–water partition coefficient (Wildman–Crippen LogP) is 4.43. The highest BCUT2D eigenvalue weighted by atomic mass is 32.2. The summed E-state index contributed by atoms with van der Waals surface area (Å²) in [5.74, 6) is 0.0892. The standard InChI is InChI=1S/C19H19N3OS2/c1-11-3-5-13(6-4-11)15-9-24-18-16(15)19(21-10-20-18)25-12(2)17(23)22-14-7-8-14/h3-6,9-10,12,14H,7-8H2,1-2H3,(H,22,23)/t12-/m1/s1. The summed E-state index contributed by atoms with van der Waals surface area (Å²) in [5.41, 5.74) is 3.53. The number of benzene rings is 1. The molecule has 1 N–H and O–H groups in total. The Morgan fingerprint density at radius 1 is 1.28 bits per heavy atom. The van der Waals surface area contributed by atoms with Crippen LogP contribution >= 0.6 is 23.1 Å². The topological polar surface area (TPSA) is 54.9 Å². The third kappa shape index (κ3) is 3.55. The number of nitrogens with one attached hydrogen (secondary N) is 1. The minimum Gasteiger partial charge on any atom is -0.352 e. The van der Waals surface area contributed by atoms with Crippen LogP contribution < -0.4 is 5.32 Å². The lowest BCUT2D eigenvalue weighted by Gasteiger charge is -2.12. The number of aromatic nitrogens is 2. The van der Waals surface area contributed by atoms with E-state index in [1.54, 1.807) is 17.7 Å². The lowest BCUT2D eigenvalue weighted by atomic mass is 10.1. The predicted molar refractivity (Wildman–Crippen MR) is 104 cm³/mol. The molecule has 0 aliphatic heterocycles. The molecule has 0 bridgehead atoms. The summed E-state index contributed by atoms with van der Waals surface area (Å²) in [6.07, 6.45) is 3.79. The van der Waals surface area contributed by atoms with E-state index >= 15 is 0 Å². The van der Waals surface area contributed by atoms with Crippen LogP contribution in [0.25, 0.3) is 21.3 Å². The van der Waals surface area contributed by atoms with E-state index in [0.717, 1.165) is 39.2 Å². The highest BCUT2D eigenvalue weighted by Crippen LogP contribution is 2.39. The van der Waals surface area contributed by atoms with Crippen LogP contribution in [0.15, 0.2) is 41.0 Å². The van der Waals surface area contributed by atoms with Crippen molar-refractivity contribution in [2.75, 3.05) is 0 Å². The Hall–Kier alpha value is -1.92. The summed E-state index contributed by atoms with van der Waals surface area (Å²) in [4.78, 5) is 22.1. The number of carbonyl (C=O) groups excluding carboxylic acids is 1. The molecule has 1 amide bonds. The molecule has 0 radical (unpaired) electrons. The molecule has 1 fully saturated rings. The molecule has 1 aliphatic rings. The van der Waals surface area contributed by atoms with Crippen molar-refractivity contribution in [2.45, 2.75) is 43.0 Å². The van der Waals surface area contributed by atoms with Gasteiger partial charge >= 0.3 is 0 Å². The fourth-order valence-corrected chi connectivity index (χ4v) is 4.57. The third-order valence-corrected chi connectivity index (χ3v) is 6.27. The summed E-state index contributed by atoms with van der Waals surface area (Å²) in [5, 5.41) is 6.94. The van der Waals surface area contributed by atoms with Crippen molar-refractivity contribution in [3.8, 4) is 11.1 Å². The Morgan fingerprint density at radius 3 is 2.76 bits per heavy atom. The van der Waals surface area contributed by atoms with Crippen molar-refractivity contribution in [3.05, 3.63) is 41.5 Å². The SMILES string of the molecule is Cc1ccc(-c2csc3ncnc(S[C@H](C)C(=O)NC4CC4)c23)cc1. The van der Waals surface area contributed by atoms with Gasteiger partial charge in [0.2, 0.25) is 5.91 Å². The van der Waals surface area contributed by atoms with Crippen LogP contribution in [-0.4, -0.2) is 27.2 Å². The van der Waals surface area contributed by atoms with Gasteiger partial charge in [-0.15, -0.1) is 11.3 Å². The Kier molecular flexibility index (Phi) is 4.48. The normalized spacial score (nSPS) is 15.3.